The molecular formula is C9H9Br2N. The second-order valence-corrected chi connectivity index (χ2v) is 4.14. The third-order valence-electron chi connectivity index (χ3n) is 1.53. The van der Waals surface area contributed by atoms with Gasteiger partial charge in [-0.2, -0.15) is 0 Å². The van der Waals surface area contributed by atoms with Gasteiger partial charge in [0, 0.05) is 20.2 Å². The summed E-state index contributed by atoms with van der Waals surface area (Å²) < 4.78 is 2.05. The molecule has 0 atom stereocenters. The molecular weight excluding hydrogens is 282 g/mol. The van der Waals surface area contributed by atoms with Crippen molar-refractivity contribution in [3.8, 4) is 0 Å². The average Bonchev–Trinajstić information content (AvgIpc) is 2.08. The average molecular weight is 291 g/mol. The number of nitrogen functional groups attached to an aromatic ring is 1. The molecule has 0 aliphatic carbocycles. The summed E-state index contributed by atoms with van der Waals surface area (Å²) in [6.45, 7) is 1.96. The van der Waals surface area contributed by atoms with E-state index in [4.69, 9.17) is 5.73 Å². The van der Waals surface area contributed by atoms with E-state index in [2.05, 4.69) is 31.9 Å². The zero-order valence-electron chi connectivity index (χ0n) is 6.64. The van der Waals surface area contributed by atoms with Crippen LogP contribution in [0.2, 0.25) is 0 Å². The van der Waals surface area contributed by atoms with Gasteiger partial charge in [0.2, 0.25) is 0 Å². The Hall–Kier alpha value is -0.280. The molecule has 0 aromatic heterocycles. The van der Waals surface area contributed by atoms with Crippen LogP contribution < -0.4 is 5.73 Å². The maximum atomic E-state index is 5.77. The van der Waals surface area contributed by atoms with Crippen LogP contribution in [0.4, 0.5) is 5.69 Å². The Bertz CT molecular complexity index is 318. The molecule has 1 nitrogen and oxygen atoms in total. The molecule has 0 amide bonds. The molecule has 0 aliphatic rings. The van der Waals surface area contributed by atoms with Crippen LogP contribution in [0.15, 0.2) is 28.7 Å². The molecule has 0 unspecified atom stereocenters. The number of hydrogen-bond donors (Lipinski definition) is 1. The van der Waals surface area contributed by atoms with Crippen LogP contribution >= 0.6 is 31.9 Å². The number of rotatable bonds is 1. The van der Waals surface area contributed by atoms with E-state index in [9.17, 15) is 0 Å². The smallest absolute Gasteiger partial charge is 0.0399 e. The van der Waals surface area contributed by atoms with Gasteiger partial charge in [0.1, 0.15) is 0 Å². The Morgan fingerprint density at radius 1 is 1.50 bits per heavy atom. The van der Waals surface area contributed by atoms with Gasteiger partial charge in [-0.3, -0.25) is 0 Å². The summed E-state index contributed by atoms with van der Waals surface area (Å²) >= 11 is 6.82. The minimum absolute atomic E-state index is 0.781. The summed E-state index contributed by atoms with van der Waals surface area (Å²) in [5, 5.41) is 0. The van der Waals surface area contributed by atoms with E-state index >= 15 is 0 Å². The van der Waals surface area contributed by atoms with Crippen LogP contribution in [0, 0.1) is 0 Å². The van der Waals surface area contributed by atoms with E-state index in [0.29, 0.717) is 0 Å². The number of benzene rings is 1. The summed E-state index contributed by atoms with van der Waals surface area (Å²) in [5.74, 6) is 0. The van der Waals surface area contributed by atoms with Crippen molar-refractivity contribution in [2.75, 3.05) is 5.73 Å². The topological polar surface area (TPSA) is 26.0 Å². The highest BCUT2D eigenvalue weighted by molar-refractivity contribution is 9.15. The lowest BCUT2D eigenvalue weighted by Gasteiger charge is -2.04. The highest BCUT2D eigenvalue weighted by atomic mass is 79.9. The molecule has 0 fully saturated rings. The van der Waals surface area contributed by atoms with E-state index in [-0.39, 0.29) is 0 Å². The van der Waals surface area contributed by atoms with Gasteiger partial charge in [-0.15, -0.1) is 0 Å². The van der Waals surface area contributed by atoms with Crippen molar-refractivity contribution in [3.63, 3.8) is 0 Å². The largest absolute Gasteiger partial charge is 0.398 e. The van der Waals surface area contributed by atoms with Crippen LogP contribution in [0.3, 0.4) is 0 Å². The van der Waals surface area contributed by atoms with Crippen molar-refractivity contribution >= 4 is 42.0 Å². The molecule has 12 heavy (non-hydrogen) atoms. The molecule has 1 rings (SSSR count). The zero-order chi connectivity index (χ0) is 9.14. The van der Waals surface area contributed by atoms with Crippen LogP contribution in [0.25, 0.3) is 4.48 Å². The second kappa shape index (κ2) is 4.10. The second-order valence-electron chi connectivity index (χ2n) is 2.37. The first-order valence-electron chi connectivity index (χ1n) is 3.52. The fourth-order valence-electron chi connectivity index (χ4n) is 0.891. The third kappa shape index (κ3) is 2.11. The van der Waals surface area contributed by atoms with Gasteiger partial charge in [-0.25, -0.2) is 0 Å². The number of halogens is 2. The maximum Gasteiger partial charge on any atom is 0.0399 e. The van der Waals surface area contributed by atoms with Crippen LogP contribution in [0.5, 0.6) is 0 Å². The summed E-state index contributed by atoms with van der Waals surface area (Å²) in [6, 6.07) is 5.79. The molecule has 0 saturated heterocycles. The van der Waals surface area contributed by atoms with E-state index in [1.165, 1.54) is 0 Å². The zero-order valence-corrected chi connectivity index (χ0v) is 9.81. The monoisotopic (exact) mass is 289 g/mol. The molecule has 1 aromatic rings. The highest BCUT2D eigenvalue weighted by Gasteiger charge is 2.01. The van der Waals surface area contributed by atoms with E-state index in [1.54, 1.807) is 0 Å². The Morgan fingerprint density at radius 2 is 2.17 bits per heavy atom. The molecule has 0 bridgehead atoms. The lowest BCUT2D eigenvalue weighted by molar-refractivity contribution is 1.58. The lowest BCUT2D eigenvalue weighted by Crippen LogP contribution is -1.90. The van der Waals surface area contributed by atoms with Gasteiger partial charge < -0.3 is 5.73 Å². The standard InChI is InChI=1S/C9H9Br2N/c1-2-8(11)7-5-6(10)3-4-9(7)12/h2-5H,12H2,1H3/b8-2-. The highest BCUT2D eigenvalue weighted by Crippen LogP contribution is 2.28. The maximum absolute atomic E-state index is 5.77. The van der Waals surface area contributed by atoms with Gasteiger partial charge in [-0.1, -0.05) is 37.9 Å². The first-order chi connectivity index (χ1) is 5.65. The van der Waals surface area contributed by atoms with E-state index < -0.39 is 0 Å². The number of allylic oxidation sites excluding steroid dienone is 1. The Morgan fingerprint density at radius 3 is 2.75 bits per heavy atom. The van der Waals surface area contributed by atoms with Crippen molar-refractivity contribution in [1.29, 1.82) is 0 Å². The molecule has 3 heteroatoms. The van der Waals surface area contributed by atoms with Gasteiger partial charge >= 0.3 is 0 Å². The summed E-state index contributed by atoms with van der Waals surface area (Å²) in [5.41, 5.74) is 7.58. The lowest BCUT2D eigenvalue weighted by atomic mass is 10.2. The molecule has 0 saturated carbocycles. The van der Waals surface area contributed by atoms with Gasteiger partial charge in [0.25, 0.3) is 0 Å². The normalized spacial score (nSPS) is 11.8. The molecule has 0 heterocycles. The molecule has 0 radical (unpaired) electrons. The van der Waals surface area contributed by atoms with Crippen LogP contribution in [-0.4, -0.2) is 0 Å². The van der Waals surface area contributed by atoms with Crippen molar-refractivity contribution in [2.45, 2.75) is 6.92 Å². The quantitative estimate of drug-likeness (QED) is 0.783. The number of nitrogens with two attached hydrogens (primary N) is 1. The molecule has 1 aromatic carbocycles. The summed E-state index contributed by atoms with van der Waals surface area (Å²) in [7, 11) is 0. The number of hydrogen-bond acceptors (Lipinski definition) is 1. The Balaban J connectivity index is 3.23. The summed E-state index contributed by atoms with van der Waals surface area (Å²) in [6.07, 6.45) is 1.97. The molecule has 64 valence electrons. The predicted octanol–water partition coefficient (Wildman–Crippen LogP) is 3.79. The molecule has 0 spiro atoms. The van der Waals surface area contributed by atoms with Gasteiger partial charge in [0.15, 0.2) is 0 Å². The van der Waals surface area contributed by atoms with Gasteiger partial charge in [-0.05, 0) is 25.1 Å². The minimum atomic E-state index is 0.781. The first kappa shape index (κ1) is 9.81. The van der Waals surface area contributed by atoms with Gasteiger partial charge in [0.05, 0.1) is 0 Å². The van der Waals surface area contributed by atoms with E-state index in [1.807, 2.05) is 31.2 Å². The number of anilines is 1. The minimum Gasteiger partial charge on any atom is -0.398 e. The summed E-state index contributed by atoms with van der Waals surface area (Å²) in [4.78, 5) is 0. The van der Waals surface area contributed by atoms with Crippen LogP contribution in [0.1, 0.15) is 12.5 Å². The van der Waals surface area contributed by atoms with E-state index in [0.717, 1.165) is 20.2 Å². The Kier molecular flexibility index (Phi) is 3.35. The first-order valence-corrected chi connectivity index (χ1v) is 5.11. The molecule has 2 N–H and O–H groups in total. The molecule has 0 aliphatic heterocycles. The van der Waals surface area contributed by atoms with Crippen molar-refractivity contribution < 1.29 is 0 Å². The fourth-order valence-corrected chi connectivity index (χ4v) is 1.60. The third-order valence-corrected chi connectivity index (χ3v) is 2.90. The van der Waals surface area contributed by atoms with Crippen LogP contribution in [-0.2, 0) is 0 Å². The van der Waals surface area contributed by atoms with Crippen molar-refractivity contribution in [2.24, 2.45) is 0 Å². The fraction of sp³-hybridized carbons (Fsp3) is 0.111. The van der Waals surface area contributed by atoms with Crippen molar-refractivity contribution in [3.05, 3.63) is 34.3 Å². The Labute approximate surface area is 88.9 Å². The van der Waals surface area contributed by atoms with Crippen molar-refractivity contribution in [1.82, 2.24) is 0 Å². The SMILES string of the molecule is C/C=C(\Br)c1cc(Br)ccc1N. The predicted molar refractivity (Wildman–Crippen MR) is 61.1 cm³/mol.